The van der Waals surface area contributed by atoms with Crippen LogP contribution < -0.4 is 15.1 Å². The van der Waals surface area contributed by atoms with Crippen molar-refractivity contribution in [2.45, 2.75) is 12.7 Å². The molecule has 1 aromatic heterocycles. The number of phenols is 1. The van der Waals surface area contributed by atoms with Gasteiger partial charge in [0.25, 0.3) is 0 Å². The zero-order chi connectivity index (χ0) is 18.5. The Labute approximate surface area is 148 Å². The molecular weight excluding hydrogens is 340 g/mol. The summed E-state index contributed by atoms with van der Waals surface area (Å²) in [4.78, 5) is 11.5. The molecule has 0 aliphatic rings. The van der Waals surface area contributed by atoms with Gasteiger partial charge in [0.05, 0.1) is 6.61 Å². The minimum Gasteiger partial charge on any atom is -0.502 e. The lowest BCUT2D eigenvalue weighted by atomic mass is 10.2. The number of hydrogen-bond donors (Lipinski definition) is 3. The van der Waals surface area contributed by atoms with E-state index in [1.54, 1.807) is 0 Å². The van der Waals surface area contributed by atoms with Crippen LogP contribution in [0, 0.1) is 0 Å². The van der Waals surface area contributed by atoms with E-state index in [2.05, 4.69) is 0 Å². The number of aliphatic hydroxyl groups excluding tert-OH is 2. The Balaban J connectivity index is 1.96. The van der Waals surface area contributed by atoms with Crippen LogP contribution in [-0.4, -0.2) is 34.6 Å². The molecule has 1 atom stereocenters. The van der Waals surface area contributed by atoms with Crippen LogP contribution in [0.1, 0.15) is 5.56 Å². The highest BCUT2D eigenvalue weighted by molar-refractivity contribution is 5.87. The Kier molecular flexibility index (Phi) is 5.40. The van der Waals surface area contributed by atoms with Gasteiger partial charge in [-0.3, -0.25) is 0 Å². The van der Waals surface area contributed by atoms with E-state index < -0.39 is 18.3 Å². The topological polar surface area (TPSA) is 109 Å². The fraction of sp³-hybridized carbons (Fsp3) is 0.211. The van der Waals surface area contributed by atoms with Crippen molar-refractivity contribution in [2.24, 2.45) is 0 Å². The standard InChI is InChI=1S/C19H18O7/c20-9-14(21)11-25-19-17(23)15(24-10-12-4-2-1-3-5-12)8-13-6-7-16(22)26-18(13)19/h1-8,14,20-21,23H,9-11H2. The minimum absolute atomic E-state index is 0.0344. The first-order chi connectivity index (χ1) is 12.6. The Morgan fingerprint density at radius 3 is 2.58 bits per heavy atom. The number of phenolic OH excluding ortho intramolecular Hbond substituents is 1. The molecule has 0 spiro atoms. The molecule has 0 aliphatic heterocycles. The minimum atomic E-state index is -1.14. The van der Waals surface area contributed by atoms with Crippen LogP contribution in [0.15, 0.2) is 57.7 Å². The molecule has 3 N–H and O–H groups in total. The van der Waals surface area contributed by atoms with Crippen LogP contribution in [0.4, 0.5) is 0 Å². The number of aliphatic hydroxyl groups is 2. The van der Waals surface area contributed by atoms with Crippen molar-refractivity contribution >= 4 is 11.0 Å². The molecule has 0 amide bonds. The van der Waals surface area contributed by atoms with Crippen LogP contribution >= 0.6 is 0 Å². The van der Waals surface area contributed by atoms with E-state index in [9.17, 15) is 15.0 Å². The van der Waals surface area contributed by atoms with E-state index in [1.807, 2.05) is 30.3 Å². The number of fused-ring (bicyclic) bond motifs is 1. The number of aromatic hydroxyl groups is 1. The summed E-state index contributed by atoms with van der Waals surface area (Å²) in [5, 5.41) is 29.4. The molecule has 136 valence electrons. The maximum Gasteiger partial charge on any atom is 0.336 e. The molecule has 0 fully saturated rings. The first kappa shape index (κ1) is 17.8. The molecular formula is C19H18O7. The average molecular weight is 358 g/mol. The van der Waals surface area contributed by atoms with Crippen molar-refractivity contribution < 1.29 is 29.2 Å². The third kappa shape index (κ3) is 3.96. The van der Waals surface area contributed by atoms with Crippen LogP contribution in [0.25, 0.3) is 11.0 Å². The van der Waals surface area contributed by atoms with Crippen molar-refractivity contribution in [3.63, 3.8) is 0 Å². The Hall–Kier alpha value is -3.03. The van der Waals surface area contributed by atoms with Crippen molar-refractivity contribution in [3.8, 4) is 17.2 Å². The largest absolute Gasteiger partial charge is 0.502 e. The lowest BCUT2D eigenvalue weighted by Crippen LogP contribution is -2.21. The monoisotopic (exact) mass is 358 g/mol. The third-order valence-corrected chi connectivity index (χ3v) is 3.67. The zero-order valence-corrected chi connectivity index (χ0v) is 13.8. The van der Waals surface area contributed by atoms with Crippen molar-refractivity contribution in [3.05, 3.63) is 64.5 Å². The summed E-state index contributed by atoms with van der Waals surface area (Å²) in [6.45, 7) is -0.581. The molecule has 1 unspecified atom stereocenters. The van der Waals surface area contributed by atoms with Gasteiger partial charge in [0, 0.05) is 11.5 Å². The lowest BCUT2D eigenvalue weighted by molar-refractivity contribution is 0.0527. The highest BCUT2D eigenvalue weighted by Gasteiger charge is 2.19. The van der Waals surface area contributed by atoms with Gasteiger partial charge in [-0.1, -0.05) is 30.3 Å². The molecule has 7 heteroatoms. The predicted octanol–water partition coefficient (Wildman–Crippen LogP) is 1.81. The van der Waals surface area contributed by atoms with Gasteiger partial charge in [-0.05, 0) is 17.7 Å². The van der Waals surface area contributed by atoms with Gasteiger partial charge in [-0.25, -0.2) is 4.79 Å². The van der Waals surface area contributed by atoms with Crippen molar-refractivity contribution in [2.75, 3.05) is 13.2 Å². The van der Waals surface area contributed by atoms with Crippen molar-refractivity contribution in [1.29, 1.82) is 0 Å². The van der Waals surface area contributed by atoms with Gasteiger partial charge >= 0.3 is 5.63 Å². The summed E-state index contributed by atoms with van der Waals surface area (Å²) in [5.41, 5.74) is 0.333. The third-order valence-electron chi connectivity index (χ3n) is 3.67. The number of ether oxygens (including phenoxy) is 2. The Bertz CT molecular complexity index is 934. The second-order valence-electron chi connectivity index (χ2n) is 5.65. The number of benzene rings is 2. The summed E-state index contributed by atoms with van der Waals surface area (Å²) in [6.07, 6.45) is -1.14. The van der Waals surface area contributed by atoms with E-state index in [0.29, 0.717) is 5.39 Å². The quantitative estimate of drug-likeness (QED) is 0.553. The van der Waals surface area contributed by atoms with Gasteiger partial charge in [-0.15, -0.1) is 0 Å². The summed E-state index contributed by atoms with van der Waals surface area (Å²) >= 11 is 0. The molecule has 0 saturated heterocycles. The SMILES string of the molecule is O=c1ccc2cc(OCc3ccccc3)c(O)c(OCC(O)CO)c2o1. The van der Waals surface area contributed by atoms with Crippen LogP contribution in [-0.2, 0) is 6.61 Å². The molecule has 0 saturated carbocycles. The van der Waals surface area contributed by atoms with E-state index in [-0.39, 0.29) is 36.0 Å². The average Bonchev–Trinajstić information content (AvgIpc) is 2.66. The second kappa shape index (κ2) is 7.90. The van der Waals surface area contributed by atoms with E-state index >= 15 is 0 Å². The van der Waals surface area contributed by atoms with Gasteiger partial charge in [0.1, 0.15) is 19.3 Å². The van der Waals surface area contributed by atoms with Crippen molar-refractivity contribution in [1.82, 2.24) is 0 Å². The number of hydrogen-bond acceptors (Lipinski definition) is 7. The lowest BCUT2D eigenvalue weighted by Gasteiger charge is -2.15. The summed E-state index contributed by atoms with van der Waals surface area (Å²) < 4.78 is 16.2. The van der Waals surface area contributed by atoms with E-state index in [0.717, 1.165) is 5.56 Å². The smallest absolute Gasteiger partial charge is 0.336 e. The van der Waals surface area contributed by atoms with Gasteiger partial charge in [-0.2, -0.15) is 0 Å². The maximum atomic E-state index is 11.5. The van der Waals surface area contributed by atoms with Gasteiger partial charge in [0.2, 0.25) is 11.5 Å². The fourth-order valence-corrected chi connectivity index (χ4v) is 2.36. The van der Waals surface area contributed by atoms with Crippen LogP contribution in [0.3, 0.4) is 0 Å². The Morgan fingerprint density at radius 2 is 1.85 bits per heavy atom. The van der Waals surface area contributed by atoms with Gasteiger partial charge in [0.15, 0.2) is 11.3 Å². The summed E-state index contributed by atoms with van der Waals surface area (Å²) in [6, 6.07) is 13.7. The highest BCUT2D eigenvalue weighted by atomic mass is 16.5. The normalized spacial score (nSPS) is 12.1. The van der Waals surface area contributed by atoms with E-state index in [4.69, 9.17) is 19.0 Å². The molecule has 3 aromatic rings. The molecule has 1 heterocycles. The second-order valence-corrected chi connectivity index (χ2v) is 5.65. The first-order valence-electron chi connectivity index (χ1n) is 7.96. The zero-order valence-electron chi connectivity index (χ0n) is 13.8. The molecule has 2 aromatic carbocycles. The Morgan fingerprint density at radius 1 is 1.08 bits per heavy atom. The molecule has 0 radical (unpaired) electrons. The number of rotatable bonds is 7. The molecule has 0 bridgehead atoms. The molecule has 0 aliphatic carbocycles. The van der Waals surface area contributed by atoms with Crippen LogP contribution in [0.2, 0.25) is 0 Å². The highest BCUT2D eigenvalue weighted by Crippen LogP contribution is 2.42. The molecule has 26 heavy (non-hydrogen) atoms. The fourth-order valence-electron chi connectivity index (χ4n) is 2.36. The van der Waals surface area contributed by atoms with E-state index in [1.165, 1.54) is 18.2 Å². The first-order valence-corrected chi connectivity index (χ1v) is 7.96. The summed E-state index contributed by atoms with van der Waals surface area (Å²) in [7, 11) is 0. The van der Waals surface area contributed by atoms with Crippen LogP contribution in [0.5, 0.6) is 17.2 Å². The maximum absolute atomic E-state index is 11.5. The predicted molar refractivity (Wildman–Crippen MR) is 93.5 cm³/mol. The molecule has 3 rings (SSSR count). The summed E-state index contributed by atoms with van der Waals surface area (Å²) in [5.74, 6) is -0.340. The molecule has 7 nitrogen and oxygen atoms in total. The van der Waals surface area contributed by atoms with Gasteiger partial charge < -0.3 is 29.2 Å².